The molecule has 0 saturated carbocycles. The lowest BCUT2D eigenvalue weighted by Crippen LogP contribution is -2.35. The number of halogens is 1. The average molecular weight is 432 g/mol. The Bertz CT molecular complexity index is 1070. The largest absolute Gasteiger partial charge is 0.439 e. The van der Waals surface area contributed by atoms with Crippen LogP contribution in [0.2, 0.25) is 5.02 Å². The second-order valence-corrected chi connectivity index (χ2v) is 9.35. The number of anilines is 1. The van der Waals surface area contributed by atoms with E-state index in [1.165, 1.54) is 0 Å². The summed E-state index contributed by atoms with van der Waals surface area (Å²) in [5, 5.41) is 3.85. The predicted octanol–water partition coefficient (Wildman–Crippen LogP) is 4.78. The number of rotatable bonds is 6. The van der Waals surface area contributed by atoms with Gasteiger partial charge in [-0.25, -0.2) is 13.4 Å². The second kappa shape index (κ2) is 8.57. The Morgan fingerprint density at radius 2 is 1.83 bits per heavy atom. The van der Waals surface area contributed by atoms with Crippen LogP contribution in [0.4, 0.5) is 5.69 Å². The van der Waals surface area contributed by atoms with E-state index in [1.54, 1.807) is 40.8 Å². The fraction of sp³-hybridized carbons (Fsp3) is 0.286. The molecule has 8 heteroatoms. The molecule has 6 nitrogen and oxygen atoms in total. The highest BCUT2D eigenvalue weighted by molar-refractivity contribution is 7.89. The van der Waals surface area contributed by atoms with Gasteiger partial charge in [0.2, 0.25) is 15.9 Å². The molecule has 1 N–H and O–H groups in total. The molecule has 2 aromatic carbocycles. The number of nitrogens with zero attached hydrogens (tertiary/aromatic N) is 2. The maximum atomic E-state index is 12.9. The van der Waals surface area contributed by atoms with E-state index in [4.69, 9.17) is 16.0 Å². The number of aromatic nitrogens is 1. The third-order valence-corrected chi connectivity index (χ3v) is 7.06. The lowest BCUT2D eigenvalue weighted by atomic mass is 10.2. The summed E-state index contributed by atoms with van der Waals surface area (Å²) < 4.78 is 33.1. The lowest BCUT2D eigenvalue weighted by molar-refractivity contribution is 0.346. The molecular formula is C21H22ClN3O3S. The number of piperidine rings is 1. The lowest BCUT2D eigenvalue weighted by Gasteiger charge is -2.26. The zero-order valence-corrected chi connectivity index (χ0v) is 17.4. The maximum Gasteiger partial charge on any atom is 0.243 e. The zero-order chi connectivity index (χ0) is 20.3. The molecule has 3 aromatic rings. The van der Waals surface area contributed by atoms with E-state index in [0.29, 0.717) is 46.9 Å². The Labute approximate surface area is 175 Å². The van der Waals surface area contributed by atoms with Gasteiger partial charge in [0.05, 0.1) is 17.6 Å². The Balaban J connectivity index is 1.44. The molecule has 4 rings (SSSR count). The van der Waals surface area contributed by atoms with Crippen molar-refractivity contribution < 1.29 is 12.8 Å². The number of nitrogens with one attached hydrogen (secondary N) is 1. The van der Waals surface area contributed by atoms with Crippen LogP contribution in [-0.2, 0) is 16.6 Å². The van der Waals surface area contributed by atoms with Crippen molar-refractivity contribution in [3.8, 4) is 11.3 Å². The number of benzene rings is 2. The molecule has 29 heavy (non-hydrogen) atoms. The van der Waals surface area contributed by atoms with Crippen molar-refractivity contribution in [1.29, 1.82) is 0 Å². The van der Waals surface area contributed by atoms with Gasteiger partial charge < -0.3 is 9.73 Å². The van der Waals surface area contributed by atoms with Crippen LogP contribution >= 0.6 is 11.6 Å². The minimum absolute atomic E-state index is 0.304. The van der Waals surface area contributed by atoms with Gasteiger partial charge in [-0.05, 0) is 55.3 Å². The van der Waals surface area contributed by atoms with E-state index in [9.17, 15) is 8.42 Å². The smallest absolute Gasteiger partial charge is 0.243 e. The van der Waals surface area contributed by atoms with Gasteiger partial charge in [-0.2, -0.15) is 4.31 Å². The predicted molar refractivity (Wildman–Crippen MR) is 113 cm³/mol. The van der Waals surface area contributed by atoms with Crippen LogP contribution in [0.1, 0.15) is 25.2 Å². The summed E-state index contributed by atoms with van der Waals surface area (Å²) in [6.07, 6.45) is 4.58. The van der Waals surface area contributed by atoms with Crippen molar-refractivity contribution >= 4 is 27.3 Å². The molecule has 0 bridgehead atoms. The Hall–Kier alpha value is -2.35. The molecule has 1 aliphatic heterocycles. The minimum Gasteiger partial charge on any atom is -0.439 e. The molecule has 152 valence electrons. The van der Waals surface area contributed by atoms with Gasteiger partial charge in [0.1, 0.15) is 0 Å². The molecule has 2 heterocycles. The number of sulfonamides is 1. The van der Waals surface area contributed by atoms with E-state index in [-0.39, 0.29) is 0 Å². The van der Waals surface area contributed by atoms with Crippen LogP contribution in [0.5, 0.6) is 0 Å². The molecule has 0 spiro atoms. The Kier molecular flexibility index (Phi) is 5.89. The van der Waals surface area contributed by atoms with Crippen molar-refractivity contribution in [2.24, 2.45) is 0 Å². The summed E-state index contributed by atoms with van der Waals surface area (Å²) in [5.41, 5.74) is 1.59. The van der Waals surface area contributed by atoms with Crippen LogP contribution in [0.15, 0.2) is 64.0 Å². The zero-order valence-electron chi connectivity index (χ0n) is 15.8. The fourth-order valence-electron chi connectivity index (χ4n) is 3.34. The summed E-state index contributed by atoms with van der Waals surface area (Å²) in [6, 6.07) is 14.2. The fourth-order valence-corrected chi connectivity index (χ4v) is 5.03. The molecule has 1 fully saturated rings. The number of hydrogen-bond acceptors (Lipinski definition) is 5. The molecule has 0 amide bonds. The third kappa shape index (κ3) is 4.63. The minimum atomic E-state index is -3.46. The molecule has 0 atom stereocenters. The normalized spacial score (nSPS) is 15.3. The van der Waals surface area contributed by atoms with Crippen LogP contribution in [-0.4, -0.2) is 30.8 Å². The Morgan fingerprint density at radius 3 is 2.59 bits per heavy atom. The van der Waals surface area contributed by atoms with Crippen molar-refractivity contribution in [3.63, 3.8) is 0 Å². The molecule has 0 radical (unpaired) electrons. The average Bonchev–Trinajstić information content (AvgIpc) is 3.23. The molecule has 1 aliphatic rings. The van der Waals surface area contributed by atoms with Crippen molar-refractivity contribution in [2.45, 2.75) is 30.7 Å². The van der Waals surface area contributed by atoms with E-state index >= 15 is 0 Å². The molecular weight excluding hydrogens is 410 g/mol. The van der Waals surface area contributed by atoms with Gasteiger partial charge >= 0.3 is 0 Å². The topological polar surface area (TPSA) is 75.4 Å². The monoisotopic (exact) mass is 431 g/mol. The van der Waals surface area contributed by atoms with Gasteiger partial charge in [0.15, 0.2) is 5.76 Å². The molecule has 0 unspecified atom stereocenters. The number of oxazole rings is 1. The Morgan fingerprint density at radius 1 is 1.07 bits per heavy atom. The van der Waals surface area contributed by atoms with Crippen molar-refractivity contribution in [1.82, 2.24) is 9.29 Å². The van der Waals surface area contributed by atoms with E-state index < -0.39 is 10.0 Å². The van der Waals surface area contributed by atoms with Crippen LogP contribution < -0.4 is 5.32 Å². The standard InChI is InChI=1S/C21H22ClN3O3S/c22-17-9-7-16(8-10-17)20-14-24-21(28-20)15-23-18-5-4-6-19(13-18)29(26,27)25-11-2-1-3-12-25/h4-10,13-14,23H,1-3,11-12,15H2. The first-order chi connectivity index (χ1) is 14.0. The van der Waals surface area contributed by atoms with Crippen LogP contribution in [0.3, 0.4) is 0 Å². The quantitative estimate of drug-likeness (QED) is 0.607. The summed E-state index contributed by atoms with van der Waals surface area (Å²) in [7, 11) is -3.46. The third-order valence-electron chi connectivity index (χ3n) is 4.91. The summed E-state index contributed by atoms with van der Waals surface area (Å²) in [5.74, 6) is 1.17. The van der Waals surface area contributed by atoms with Gasteiger partial charge in [-0.1, -0.05) is 24.1 Å². The summed E-state index contributed by atoms with van der Waals surface area (Å²) in [6.45, 7) is 1.52. The SMILES string of the molecule is O=S(=O)(c1cccc(NCc2ncc(-c3ccc(Cl)cc3)o2)c1)N1CCCCC1. The van der Waals surface area contributed by atoms with Gasteiger partial charge in [0, 0.05) is 29.4 Å². The van der Waals surface area contributed by atoms with Crippen LogP contribution in [0.25, 0.3) is 11.3 Å². The van der Waals surface area contributed by atoms with Crippen molar-refractivity contribution in [2.75, 3.05) is 18.4 Å². The van der Waals surface area contributed by atoms with E-state index in [1.807, 2.05) is 18.2 Å². The van der Waals surface area contributed by atoms with Crippen LogP contribution in [0, 0.1) is 0 Å². The molecule has 0 aliphatic carbocycles. The first kappa shape index (κ1) is 19.9. The molecule has 1 aromatic heterocycles. The highest BCUT2D eigenvalue weighted by Gasteiger charge is 2.25. The molecule has 1 saturated heterocycles. The maximum absolute atomic E-state index is 12.9. The van der Waals surface area contributed by atoms with E-state index in [2.05, 4.69) is 10.3 Å². The van der Waals surface area contributed by atoms with Gasteiger partial charge in [-0.3, -0.25) is 0 Å². The van der Waals surface area contributed by atoms with Gasteiger partial charge in [-0.15, -0.1) is 0 Å². The van der Waals surface area contributed by atoms with Crippen molar-refractivity contribution in [3.05, 3.63) is 65.6 Å². The first-order valence-electron chi connectivity index (χ1n) is 9.57. The van der Waals surface area contributed by atoms with Gasteiger partial charge in [0.25, 0.3) is 0 Å². The highest BCUT2D eigenvalue weighted by Crippen LogP contribution is 2.25. The first-order valence-corrected chi connectivity index (χ1v) is 11.4. The highest BCUT2D eigenvalue weighted by atomic mass is 35.5. The number of hydrogen-bond donors (Lipinski definition) is 1. The second-order valence-electron chi connectivity index (χ2n) is 6.97. The van der Waals surface area contributed by atoms with E-state index in [0.717, 1.165) is 24.8 Å². The summed E-state index contributed by atoms with van der Waals surface area (Å²) in [4.78, 5) is 4.59. The summed E-state index contributed by atoms with van der Waals surface area (Å²) >= 11 is 5.91.